The topological polar surface area (TPSA) is 79.2 Å². The van der Waals surface area contributed by atoms with Gasteiger partial charge >= 0.3 is 5.97 Å². The Morgan fingerprint density at radius 1 is 1.42 bits per heavy atom. The maximum absolute atomic E-state index is 10.9. The maximum atomic E-state index is 10.9. The van der Waals surface area contributed by atoms with Gasteiger partial charge in [-0.1, -0.05) is 0 Å². The predicted molar refractivity (Wildman–Crippen MR) is 70.6 cm³/mol. The highest BCUT2D eigenvalue weighted by molar-refractivity contribution is 5.92. The SMILES string of the molecule is CCN(CC)/N=C/c1cc(C(=O)O)ccc1OC=O. The minimum atomic E-state index is -1.05. The van der Waals surface area contributed by atoms with Gasteiger partial charge in [-0.15, -0.1) is 0 Å². The summed E-state index contributed by atoms with van der Waals surface area (Å²) in [5.74, 6) is -0.772. The molecular weight excluding hydrogens is 248 g/mol. The van der Waals surface area contributed by atoms with Crippen LogP contribution in [0.2, 0.25) is 0 Å². The van der Waals surface area contributed by atoms with Crippen LogP contribution in [-0.2, 0) is 4.79 Å². The first-order chi connectivity index (χ1) is 9.12. The van der Waals surface area contributed by atoms with Crippen LogP contribution in [0.3, 0.4) is 0 Å². The van der Waals surface area contributed by atoms with E-state index >= 15 is 0 Å². The zero-order valence-corrected chi connectivity index (χ0v) is 10.9. The van der Waals surface area contributed by atoms with Crippen LogP contribution >= 0.6 is 0 Å². The van der Waals surface area contributed by atoms with E-state index in [1.54, 1.807) is 5.01 Å². The number of carbonyl (C=O) groups is 2. The fourth-order valence-electron chi connectivity index (χ4n) is 1.47. The molecule has 0 unspecified atom stereocenters. The van der Waals surface area contributed by atoms with Crippen molar-refractivity contribution in [3.05, 3.63) is 29.3 Å². The number of carboxylic acids is 1. The second kappa shape index (κ2) is 7.15. The number of benzene rings is 1. The fraction of sp³-hybridized carbons (Fsp3) is 0.308. The zero-order chi connectivity index (χ0) is 14.3. The molecule has 0 saturated heterocycles. The molecule has 0 aromatic heterocycles. The van der Waals surface area contributed by atoms with Gasteiger partial charge in [-0.3, -0.25) is 9.80 Å². The number of hydrogen-bond donors (Lipinski definition) is 1. The summed E-state index contributed by atoms with van der Waals surface area (Å²) < 4.78 is 4.79. The normalized spacial score (nSPS) is 10.4. The molecule has 102 valence electrons. The number of aromatic carboxylic acids is 1. The first-order valence-corrected chi connectivity index (χ1v) is 5.88. The van der Waals surface area contributed by atoms with Crippen LogP contribution in [0.5, 0.6) is 5.75 Å². The van der Waals surface area contributed by atoms with Crippen molar-refractivity contribution in [2.45, 2.75) is 13.8 Å². The molecule has 0 radical (unpaired) electrons. The van der Waals surface area contributed by atoms with E-state index in [1.807, 2.05) is 13.8 Å². The Balaban J connectivity index is 3.09. The van der Waals surface area contributed by atoms with Gasteiger partial charge in [-0.2, -0.15) is 5.10 Å². The van der Waals surface area contributed by atoms with Crippen molar-refractivity contribution in [1.82, 2.24) is 5.01 Å². The van der Waals surface area contributed by atoms with Gasteiger partial charge < -0.3 is 9.84 Å². The molecule has 0 heterocycles. The summed E-state index contributed by atoms with van der Waals surface area (Å²) in [7, 11) is 0. The third kappa shape index (κ3) is 4.09. The molecule has 0 atom stereocenters. The summed E-state index contributed by atoms with van der Waals surface area (Å²) in [6.45, 7) is 5.67. The minimum Gasteiger partial charge on any atom is -0.478 e. The Hall–Kier alpha value is -2.37. The van der Waals surface area contributed by atoms with Crippen molar-refractivity contribution < 1.29 is 19.4 Å². The fourth-order valence-corrected chi connectivity index (χ4v) is 1.47. The summed E-state index contributed by atoms with van der Waals surface area (Å²) in [6, 6.07) is 4.21. The van der Waals surface area contributed by atoms with E-state index in [9.17, 15) is 9.59 Å². The van der Waals surface area contributed by atoms with Gasteiger partial charge in [0.25, 0.3) is 6.47 Å². The molecule has 0 bridgehead atoms. The molecule has 0 spiro atoms. The molecule has 0 aliphatic heterocycles. The molecule has 1 N–H and O–H groups in total. The second-order valence-corrected chi connectivity index (χ2v) is 3.66. The number of hydrazone groups is 1. The van der Waals surface area contributed by atoms with E-state index in [2.05, 4.69) is 5.10 Å². The van der Waals surface area contributed by atoms with Gasteiger partial charge in [0, 0.05) is 18.7 Å². The van der Waals surface area contributed by atoms with Crippen molar-refractivity contribution in [3.63, 3.8) is 0 Å². The summed E-state index contributed by atoms with van der Waals surface area (Å²) in [5.41, 5.74) is 0.554. The van der Waals surface area contributed by atoms with Crippen LogP contribution in [0.15, 0.2) is 23.3 Å². The predicted octanol–water partition coefficient (Wildman–Crippen LogP) is 1.60. The summed E-state index contributed by atoms with van der Waals surface area (Å²) in [5, 5.41) is 14.9. The van der Waals surface area contributed by atoms with Gasteiger partial charge in [0.1, 0.15) is 5.75 Å². The minimum absolute atomic E-state index is 0.110. The monoisotopic (exact) mass is 264 g/mol. The van der Waals surface area contributed by atoms with Gasteiger partial charge in [0.15, 0.2) is 0 Å². The Morgan fingerprint density at radius 2 is 2.11 bits per heavy atom. The van der Waals surface area contributed by atoms with Crippen LogP contribution in [0.25, 0.3) is 0 Å². The third-order valence-electron chi connectivity index (χ3n) is 2.52. The average Bonchev–Trinajstić information content (AvgIpc) is 2.41. The Labute approximate surface area is 111 Å². The van der Waals surface area contributed by atoms with Crippen molar-refractivity contribution in [3.8, 4) is 5.75 Å². The molecule has 0 aliphatic rings. The van der Waals surface area contributed by atoms with E-state index in [4.69, 9.17) is 9.84 Å². The van der Waals surface area contributed by atoms with E-state index in [0.29, 0.717) is 12.0 Å². The standard InChI is InChI=1S/C13H16N2O4/c1-3-15(4-2)14-8-11-7-10(13(17)18)5-6-12(11)19-9-16/h5-9H,3-4H2,1-2H3,(H,17,18)/b14-8+. The van der Waals surface area contributed by atoms with E-state index in [1.165, 1.54) is 24.4 Å². The molecule has 0 saturated carbocycles. The molecule has 1 aromatic rings. The third-order valence-corrected chi connectivity index (χ3v) is 2.52. The molecule has 1 aromatic carbocycles. The average molecular weight is 264 g/mol. The summed E-state index contributed by atoms with van der Waals surface area (Å²) >= 11 is 0. The Bertz CT molecular complexity index is 482. The van der Waals surface area contributed by atoms with Crippen molar-refractivity contribution in [1.29, 1.82) is 0 Å². The Kier molecular flexibility index (Phi) is 5.53. The highest BCUT2D eigenvalue weighted by Crippen LogP contribution is 2.18. The summed E-state index contributed by atoms with van der Waals surface area (Å²) in [6.07, 6.45) is 1.48. The molecule has 0 fully saturated rings. The van der Waals surface area contributed by atoms with Gasteiger partial charge in [0.05, 0.1) is 11.8 Å². The molecule has 0 amide bonds. The largest absolute Gasteiger partial charge is 0.478 e. The lowest BCUT2D eigenvalue weighted by molar-refractivity contribution is -0.120. The van der Waals surface area contributed by atoms with Gasteiger partial charge in [-0.25, -0.2) is 4.79 Å². The van der Waals surface area contributed by atoms with Crippen molar-refractivity contribution in [2.75, 3.05) is 13.1 Å². The lowest BCUT2D eigenvalue weighted by atomic mass is 10.1. The van der Waals surface area contributed by atoms with Crippen LogP contribution in [0.4, 0.5) is 0 Å². The zero-order valence-electron chi connectivity index (χ0n) is 10.9. The van der Waals surface area contributed by atoms with Crippen LogP contribution in [-0.4, -0.2) is 41.9 Å². The smallest absolute Gasteiger partial charge is 0.335 e. The number of hydrogen-bond acceptors (Lipinski definition) is 5. The number of ether oxygens (including phenoxy) is 1. The van der Waals surface area contributed by atoms with Crippen LogP contribution < -0.4 is 4.74 Å². The second-order valence-electron chi connectivity index (χ2n) is 3.66. The highest BCUT2D eigenvalue weighted by atomic mass is 16.5. The first kappa shape index (κ1) is 14.7. The van der Waals surface area contributed by atoms with Gasteiger partial charge in [0.2, 0.25) is 0 Å². The van der Waals surface area contributed by atoms with Crippen LogP contribution in [0.1, 0.15) is 29.8 Å². The highest BCUT2D eigenvalue weighted by Gasteiger charge is 2.08. The van der Waals surface area contributed by atoms with E-state index < -0.39 is 5.97 Å². The lowest BCUT2D eigenvalue weighted by Gasteiger charge is -2.13. The van der Waals surface area contributed by atoms with E-state index in [0.717, 1.165) is 13.1 Å². The maximum Gasteiger partial charge on any atom is 0.335 e. The molecule has 6 heteroatoms. The van der Waals surface area contributed by atoms with Crippen LogP contribution in [0, 0.1) is 0 Å². The molecule has 0 aliphatic carbocycles. The van der Waals surface area contributed by atoms with Crippen molar-refractivity contribution in [2.24, 2.45) is 5.10 Å². The summed E-state index contributed by atoms with van der Waals surface area (Å²) in [4.78, 5) is 21.3. The molecule has 19 heavy (non-hydrogen) atoms. The quantitative estimate of drug-likeness (QED) is 0.459. The van der Waals surface area contributed by atoms with Crippen molar-refractivity contribution >= 4 is 18.7 Å². The van der Waals surface area contributed by atoms with E-state index in [-0.39, 0.29) is 11.3 Å². The molecular formula is C13H16N2O4. The molecule has 6 nitrogen and oxygen atoms in total. The lowest BCUT2D eigenvalue weighted by Crippen LogP contribution is -2.16. The molecule has 1 rings (SSSR count). The first-order valence-electron chi connectivity index (χ1n) is 5.88. The number of carboxylic acid groups (broad SMARTS) is 1. The van der Waals surface area contributed by atoms with Gasteiger partial charge in [-0.05, 0) is 32.0 Å². The Morgan fingerprint density at radius 3 is 2.63 bits per heavy atom. The number of nitrogens with zero attached hydrogens (tertiary/aromatic N) is 2. The number of rotatable bonds is 7. The number of carbonyl (C=O) groups excluding carboxylic acids is 1.